The molecule has 4 rings (SSSR count). The first kappa shape index (κ1) is 35.4. The summed E-state index contributed by atoms with van der Waals surface area (Å²) < 4.78 is 43.2. The number of β-lactam (4-membered cyclic amide) rings is 1. The molecular weight excluding hydrogens is 656 g/mol. The van der Waals surface area contributed by atoms with Gasteiger partial charge in [-0.1, -0.05) is 5.16 Å². The van der Waals surface area contributed by atoms with Gasteiger partial charge in [-0.2, -0.15) is 13.5 Å². The number of oxime groups is 1. The predicted molar refractivity (Wildman–Crippen MR) is 168 cm³/mol. The van der Waals surface area contributed by atoms with Gasteiger partial charge in [0.05, 0.1) is 11.5 Å². The van der Waals surface area contributed by atoms with Gasteiger partial charge in [0.25, 0.3) is 12.0 Å². The molecule has 0 radical (unpaired) electrons. The monoisotopic (exact) mass is 691 g/mol. The lowest BCUT2D eigenvalue weighted by Gasteiger charge is -2.50. The number of carbonyl (C=O) groups excluding carboxylic acids is 2. The Kier molecular flexibility index (Phi) is 10.9. The van der Waals surface area contributed by atoms with Crippen LogP contribution in [-0.2, 0) is 47.4 Å². The topological polar surface area (TPSA) is 238 Å². The van der Waals surface area contributed by atoms with Gasteiger partial charge in [-0.05, 0) is 63.6 Å². The molecule has 1 unspecified atom stereocenters. The van der Waals surface area contributed by atoms with E-state index in [-0.39, 0.29) is 10.8 Å². The molecule has 6 N–H and O–H groups in total. The lowest BCUT2D eigenvalue weighted by atomic mass is 9.74. The van der Waals surface area contributed by atoms with E-state index in [1.54, 1.807) is 12.1 Å². The maximum absolute atomic E-state index is 13.3. The number of ketones is 1. The molecule has 1 amide bonds. The van der Waals surface area contributed by atoms with Gasteiger partial charge in [-0.25, -0.2) is 14.3 Å². The number of aryl methyl sites for hydroxylation is 2. The van der Waals surface area contributed by atoms with Crippen LogP contribution in [0.3, 0.4) is 0 Å². The third-order valence-electron chi connectivity index (χ3n) is 7.42. The van der Waals surface area contributed by atoms with Gasteiger partial charge in [0.15, 0.2) is 22.8 Å². The number of nitrogens with two attached hydrogens (primary N) is 2. The summed E-state index contributed by atoms with van der Waals surface area (Å²) in [6.45, 7) is 3.00. The fraction of sp³-hybridized carbons (Fsp3) is 0.379. The second-order valence-corrected chi connectivity index (χ2v) is 13.1. The molecule has 1 aliphatic heterocycles. The molecule has 1 saturated heterocycles. The summed E-state index contributed by atoms with van der Waals surface area (Å²) in [6, 6.07) is 11.1. The van der Waals surface area contributed by atoms with Crippen molar-refractivity contribution >= 4 is 50.2 Å². The fourth-order valence-corrected chi connectivity index (χ4v) is 5.86. The molecule has 3 heterocycles. The van der Waals surface area contributed by atoms with Crippen molar-refractivity contribution in [2.24, 2.45) is 23.9 Å². The molecule has 1 fully saturated rings. The van der Waals surface area contributed by atoms with Crippen molar-refractivity contribution in [1.82, 2.24) is 10.0 Å². The third-order valence-corrected chi connectivity index (χ3v) is 8.44. The number of ether oxygens (including phenoxy) is 1. The summed E-state index contributed by atoms with van der Waals surface area (Å²) in [5.74, 6) is -3.79. The summed E-state index contributed by atoms with van der Waals surface area (Å²) >= 11 is 0.989. The van der Waals surface area contributed by atoms with E-state index in [0.717, 1.165) is 35.4 Å². The Morgan fingerprint density at radius 1 is 1.21 bits per heavy atom. The number of benzene rings is 1. The number of aliphatic carboxylic acids is 1. The number of carbonyl (C=O) groups is 3. The van der Waals surface area contributed by atoms with Crippen LogP contribution in [0.15, 0.2) is 53.1 Å². The summed E-state index contributed by atoms with van der Waals surface area (Å²) in [7, 11) is -3.04. The van der Waals surface area contributed by atoms with Gasteiger partial charge >= 0.3 is 16.4 Å². The zero-order chi connectivity index (χ0) is 34.5. The van der Waals surface area contributed by atoms with Crippen molar-refractivity contribution in [2.45, 2.75) is 44.8 Å². The first-order valence-corrected chi connectivity index (χ1v) is 16.5. The van der Waals surface area contributed by atoms with Crippen LogP contribution in [0.1, 0.15) is 37.9 Å². The normalized spacial score (nSPS) is 16.8. The second-order valence-electron chi connectivity index (χ2n) is 11.2. The number of Topliss-reactive ketones (excluding diaryl/α,β-unsaturated/α-hetero) is 1. The van der Waals surface area contributed by atoms with Crippen molar-refractivity contribution in [3.63, 3.8) is 0 Å². The Morgan fingerprint density at radius 2 is 1.91 bits per heavy atom. The quantitative estimate of drug-likeness (QED) is 0.0545. The van der Waals surface area contributed by atoms with E-state index in [1.807, 2.05) is 42.1 Å². The number of anilines is 1. The number of rotatable bonds is 16. The van der Waals surface area contributed by atoms with Crippen LogP contribution in [0, 0.1) is 5.92 Å². The molecule has 1 aromatic carbocycles. The van der Waals surface area contributed by atoms with Gasteiger partial charge in [-0.15, -0.1) is 15.6 Å². The Bertz CT molecular complexity index is 1780. The largest absolute Gasteiger partial charge is 0.489 e. The number of hydrogen-bond donors (Lipinski definition) is 4. The number of aromatic nitrogens is 2. The lowest BCUT2D eigenvalue weighted by molar-refractivity contribution is -0.660. The molecule has 3 aromatic rings. The number of nitrogen functional groups attached to an aromatic ring is 1. The smallest absolute Gasteiger partial charge is 0.418 e. The van der Waals surface area contributed by atoms with Crippen LogP contribution >= 0.6 is 11.3 Å². The number of carboxylic acids is 1. The van der Waals surface area contributed by atoms with Crippen molar-refractivity contribution in [3.8, 4) is 17.0 Å². The first-order valence-electron chi connectivity index (χ1n) is 14.2. The first-order chi connectivity index (χ1) is 22.1. The minimum absolute atomic E-state index is 0.0191. The minimum atomic E-state index is -4.99. The van der Waals surface area contributed by atoms with Gasteiger partial charge in [0, 0.05) is 29.0 Å². The molecule has 252 valence electrons. The second kappa shape index (κ2) is 14.5. The van der Waals surface area contributed by atoms with E-state index in [1.165, 1.54) is 24.8 Å². The Balaban J connectivity index is 1.45. The van der Waals surface area contributed by atoms with Crippen LogP contribution in [0.25, 0.3) is 11.3 Å². The molecule has 2 aromatic heterocycles. The highest BCUT2D eigenvalue weighted by atomic mass is 32.3. The van der Waals surface area contributed by atoms with Crippen molar-refractivity contribution in [1.29, 1.82) is 0 Å². The molecule has 18 heteroatoms. The number of nitrogens with zero attached hydrogens (tertiary/aromatic N) is 4. The SMILES string of the molecule is C[n+]1cc(CCCN)ccc1-c1ccc(OCC(O/N=C(\C(=O)C[C@@H]2C(=O)N(OS(=O)(=O)O)C2(C)C)c2csc(N)n2)C(=O)O)cc1. The van der Waals surface area contributed by atoms with Gasteiger partial charge < -0.3 is 26.1 Å². The predicted octanol–water partition coefficient (Wildman–Crippen LogP) is 1.29. The van der Waals surface area contributed by atoms with Crippen LogP contribution in [0.5, 0.6) is 5.75 Å². The summed E-state index contributed by atoms with van der Waals surface area (Å²) in [4.78, 5) is 47.1. The number of hydroxylamine groups is 2. The number of amides is 1. The molecule has 0 bridgehead atoms. The van der Waals surface area contributed by atoms with Gasteiger partial charge in [0.1, 0.15) is 25.1 Å². The molecular formula is C29H35N6O10S2+. The van der Waals surface area contributed by atoms with E-state index in [0.29, 0.717) is 17.4 Å². The number of pyridine rings is 1. The highest BCUT2D eigenvalue weighted by Gasteiger charge is 2.57. The Labute approximate surface area is 274 Å². The van der Waals surface area contributed by atoms with Crippen LogP contribution in [0.4, 0.5) is 5.13 Å². The van der Waals surface area contributed by atoms with Crippen molar-refractivity contribution < 1.29 is 50.9 Å². The lowest BCUT2D eigenvalue weighted by Crippen LogP contribution is -2.68. The number of thiazole rings is 1. The molecule has 0 spiro atoms. The Hall–Kier alpha value is -4.49. The Morgan fingerprint density at radius 3 is 2.47 bits per heavy atom. The molecule has 1 aliphatic rings. The average Bonchev–Trinajstić information content (AvgIpc) is 3.44. The molecule has 2 atom stereocenters. The maximum Gasteiger partial charge on any atom is 0.418 e. The van der Waals surface area contributed by atoms with Gasteiger partial charge in [0.2, 0.25) is 5.69 Å². The summed E-state index contributed by atoms with van der Waals surface area (Å²) in [5, 5.41) is 15.5. The molecule has 47 heavy (non-hydrogen) atoms. The molecule has 0 saturated carbocycles. The maximum atomic E-state index is 13.3. The van der Waals surface area contributed by atoms with Crippen molar-refractivity contribution in [3.05, 3.63) is 59.2 Å². The minimum Gasteiger partial charge on any atom is -0.489 e. The number of hydrogen-bond acceptors (Lipinski definition) is 13. The van der Waals surface area contributed by atoms with E-state index < -0.39 is 64.4 Å². The zero-order valence-electron chi connectivity index (χ0n) is 25.7. The summed E-state index contributed by atoms with van der Waals surface area (Å²) in [6.07, 6.45) is 1.68. The fourth-order valence-electron chi connectivity index (χ4n) is 4.86. The summed E-state index contributed by atoms with van der Waals surface area (Å²) in [5.41, 5.74) is 12.6. The standard InChI is InChI=1S/C29H34N6O10S2/c1-29(2)20(26(37)35(29)45-47(40,41)42)13-23(36)25(21-16-46-28(31)32-21)33-44-24(27(38)39)15-43-19-9-7-18(8-10-19)22-11-6-17(5-4-12-30)14-34(22)3/h6-11,14,16,20,24H,4-5,12-13,15,30H2,1-3H3,(H3-,31,32,38,39,40,41,42)/p+1/b33-25-/t20-,24?/m1/s1. The van der Waals surface area contributed by atoms with E-state index in [4.69, 9.17) is 25.6 Å². The van der Waals surface area contributed by atoms with Crippen molar-refractivity contribution in [2.75, 3.05) is 18.9 Å². The van der Waals surface area contributed by atoms with Gasteiger partial charge in [-0.3, -0.25) is 14.1 Å². The third kappa shape index (κ3) is 8.66. The van der Waals surface area contributed by atoms with Crippen LogP contribution < -0.4 is 20.8 Å². The average molecular weight is 692 g/mol. The number of carboxylic acid groups (broad SMARTS) is 1. The van der Waals surface area contributed by atoms with Crippen LogP contribution in [0.2, 0.25) is 0 Å². The zero-order valence-corrected chi connectivity index (χ0v) is 27.4. The van der Waals surface area contributed by atoms with E-state index >= 15 is 0 Å². The molecule has 0 aliphatic carbocycles. The molecule has 16 nitrogen and oxygen atoms in total. The van der Waals surface area contributed by atoms with Crippen LogP contribution in [-0.4, -0.2) is 76.3 Å². The van der Waals surface area contributed by atoms with E-state index in [2.05, 4.69) is 14.4 Å². The highest BCUT2D eigenvalue weighted by molar-refractivity contribution is 7.80. The highest BCUT2D eigenvalue weighted by Crippen LogP contribution is 2.40. The van der Waals surface area contributed by atoms with E-state index in [9.17, 15) is 27.9 Å².